The zero-order valence-electron chi connectivity index (χ0n) is 7.66. The second kappa shape index (κ2) is 5.96. The van der Waals surface area contributed by atoms with Crippen LogP contribution in [0.5, 0.6) is 0 Å². The number of hydrogen-bond acceptors (Lipinski definition) is 4. The highest BCUT2D eigenvalue weighted by atomic mass is 32.2. The van der Waals surface area contributed by atoms with E-state index in [1.165, 1.54) is 5.56 Å². The Balaban J connectivity index is 2.48. The monoisotopic (exact) mass is 198 g/mol. The molecule has 0 aliphatic rings. The Kier molecular flexibility index (Phi) is 4.82. The van der Waals surface area contributed by atoms with Gasteiger partial charge in [-0.25, -0.2) is 4.98 Å². The van der Waals surface area contributed by atoms with E-state index in [-0.39, 0.29) is 6.61 Å². The Morgan fingerprint density at radius 2 is 2.38 bits per heavy atom. The van der Waals surface area contributed by atoms with Crippen LogP contribution in [0.4, 0.5) is 0 Å². The van der Waals surface area contributed by atoms with Crippen LogP contribution >= 0.6 is 11.8 Å². The predicted octanol–water partition coefficient (Wildman–Crippen LogP) is 0.885. The third-order valence-corrected chi connectivity index (χ3v) is 2.44. The highest BCUT2D eigenvalue weighted by Gasteiger charge is 1.95. The first-order valence-corrected chi connectivity index (χ1v) is 5.18. The number of rotatable bonds is 5. The van der Waals surface area contributed by atoms with Crippen molar-refractivity contribution in [2.24, 2.45) is 0 Å². The van der Waals surface area contributed by atoms with Crippen LogP contribution in [0.25, 0.3) is 0 Å². The van der Waals surface area contributed by atoms with E-state index in [9.17, 15) is 0 Å². The average molecular weight is 198 g/mol. The fraction of sp³-hybridized carbons (Fsp3) is 0.444. The summed E-state index contributed by atoms with van der Waals surface area (Å²) in [5.74, 6) is 0.707. The highest BCUT2D eigenvalue weighted by Crippen LogP contribution is 2.14. The Hall–Kier alpha value is -0.580. The fourth-order valence-corrected chi connectivity index (χ4v) is 1.55. The average Bonchev–Trinajstić information content (AvgIpc) is 2.17. The number of aliphatic hydroxyl groups excluding tert-OH is 1. The van der Waals surface area contributed by atoms with Gasteiger partial charge >= 0.3 is 0 Å². The van der Waals surface area contributed by atoms with Crippen LogP contribution in [-0.4, -0.2) is 29.5 Å². The normalized spacial score (nSPS) is 10.3. The van der Waals surface area contributed by atoms with Gasteiger partial charge in [0.2, 0.25) is 0 Å². The summed E-state index contributed by atoms with van der Waals surface area (Å²) in [5.41, 5.74) is 1.18. The van der Waals surface area contributed by atoms with Crippen molar-refractivity contribution in [1.29, 1.82) is 0 Å². The summed E-state index contributed by atoms with van der Waals surface area (Å²) in [5, 5.41) is 12.6. The van der Waals surface area contributed by atoms with Gasteiger partial charge in [0.05, 0.1) is 11.6 Å². The third-order valence-electron chi connectivity index (χ3n) is 1.52. The SMILES string of the molecule is CNCc1ccc(SCCO)nc1. The van der Waals surface area contributed by atoms with Crippen molar-refractivity contribution in [2.75, 3.05) is 19.4 Å². The molecule has 13 heavy (non-hydrogen) atoms. The van der Waals surface area contributed by atoms with Crippen molar-refractivity contribution in [2.45, 2.75) is 11.6 Å². The number of pyridine rings is 1. The van der Waals surface area contributed by atoms with Gasteiger partial charge in [-0.1, -0.05) is 6.07 Å². The summed E-state index contributed by atoms with van der Waals surface area (Å²) in [6, 6.07) is 4.02. The van der Waals surface area contributed by atoms with Crippen LogP contribution in [0, 0.1) is 0 Å². The molecule has 0 aliphatic heterocycles. The van der Waals surface area contributed by atoms with Crippen LogP contribution in [0.15, 0.2) is 23.4 Å². The molecule has 0 aliphatic carbocycles. The molecular weight excluding hydrogens is 184 g/mol. The Labute approximate surface area is 82.6 Å². The van der Waals surface area contributed by atoms with Gasteiger partial charge in [0.1, 0.15) is 0 Å². The first-order valence-electron chi connectivity index (χ1n) is 4.20. The summed E-state index contributed by atoms with van der Waals surface area (Å²) in [6.45, 7) is 1.04. The minimum absolute atomic E-state index is 0.199. The first kappa shape index (κ1) is 10.5. The van der Waals surface area contributed by atoms with Crippen LogP contribution in [0.1, 0.15) is 5.56 Å². The zero-order valence-corrected chi connectivity index (χ0v) is 8.47. The molecule has 0 saturated heterocycles. The number of hydrogen-bond donors (Lipinski definition) is 2. The molecule has 0 unspecified atom stereocenters. The Morgan fingerprint density at radius 1 is 1.54 bits per heavy atom. The number of aromatic nitrogens is 1. The summed E-state index contributed by atoms with van der Waals surface area (Å²) in [4.78, 5) is 4.25. The quantitative estimate of drug-likeness (QED) is 0.690. The smallest absolute Gasteiger partial charge is 0.0960 e. The maximum Gasteiger partial charge on any atom is 0.0960 e. The lowest BCUT2D eigenvalue weighted by atomic mass is 10.3. The number of aliphatic hydroxyl groups is 1. The molecule has 0 atom stereocenters. The van der Waals surface area contributed by atoms with E-state index in [1.54, 1.807) is 11.8 Å². The molecule has 0 saturated carbocycles. The van der Waals surface area contributed by atoms with E-state index < -0.39 is 0 Å². The molecule has 0 spiro atoms. The molecule has 0 amide bonds. The van der Waals surface area contributed by atoms with Crippen LogP contribution < -0.4 is 5.32 Å². The summed E-state index contributed by atoms with van der Waals surface area (Å²) < 4.78 is 0. The number of thioether (sulfide) groups is 1. The van der Waals surface area contributed by atoms with Gasteiger partial charge in [0.15, 0.2) is 0 Å². The van der Waals surface area contributed by atoms with Crippen molar-refractivity contribution in [1.82, 2.24) is 10.3 Å². The van der Waals surface area contributed by atoms with Gasteiger partial charge in [0.25, 0.3) is 0 Å². The lowest BCUT2D eigenvalue weighted by molar-refractivity contribution is 0.322. The van der Waals surface area contributed by atoms with Crippen molar-refractivity contribution >= 4 is 11.8 Å². The van der Waals surface area contributed by atoms with Crippen molar-refractivity contribution in [3.8, 4) is 0 Å². The maximum absolute atomic E-state index is 8.61. The Bertz CT molecular complexity index is 238. The third kappa shape index (κ3) is 3.76. The first-order chi connectivity index (χ1) is 6.36. The van der Waals surface area contributed by atoms with Crippen molar-refractivity contribution in [3.05, 3.63) is 23.9 Å². The van der Waals surface area contributed by atoms with Gasteiger partial charge in [-0.15, -0.1) is 11.8 Å². The van der Waals surface area contributed by atoms with E-state index in [1.807, 2.05) is 25.4 Å². The lowest BCUT2D eigenvalue weighted by Crippen LogP contribution is -2.05. The standard InChI is InChI=1S/C9H14N2OS/c1-10-6-8-2-3-9(11-7-8)13-5-4-12/h2-3,7,10,12H,4-6H2,1H3. The van der Waals surface area contributed by atoms with E-state index in [0.29, 0.717) is 5.75 Å². The van der Waals surface area contributed by atoms with E-state index in [4.69, 9.17) is 5.11 Å². The van der Waals surface area contributed by atoms with Gasteiger partial charge in [-0.3, -0.25) is 0 Å². The minimum Gasteiger partial charge on any atom is -0.396 e. The van der Waals surface area contributed by atoms with E-state index in [0.717, 1.165) is 11.6 Å². The summed E-state index contributed by atoms with van der Waals surface area (Å²) in [6.07, 6.45) is 1.86. The summed E-state index contributed by atoms with van der Waals surface area (Å²) in [7, 11) is 1.91. The molecular formula is C9H14N2OS. The molecule has 0 aromatic carbocycles. The molecule has 0 fully saturated rings. The van der Waals surface area contributed by atoms with Crippen molar-refractivity contribution in [3.63, 3.8) is 0 Å². The van der Waals surface area contributed by atoms with Crippen LogP contribution in [0.3, 0.4) is 0 Å². The van der Waals surface area contributed by atoms with Gasteiger partial charge in [0, 0.05) is 18.5 Å². The summed E-state index contributed by atoms with van der Waals surface area (Å²) >= 11 is 1.57. The maximum atomic E-state index is 8.61. The lowest BCUT2D eigenvalue weighted by Gasteiger charge is -2.01. The molecule has 1 rings (SSSR count). The molecule has 3 nitrogen and oxygen atoms in total. The topological polar surface area (TPSA) is 45.1 Å². The second-order valence-corrected chi connectivity index (χ2v) is 3.72. The minimum atomic E-state index is 0.199. The van der Waals surface area contributed by atoms with E-state index >= 15 is 0 Å². The van der Waals surface area contributed by atoms with E-state index in [2.05, 4.69) is 10.3 Å². The Morgan fingerprint density at radius 3 is 2.92 bits per heavy atom. The molecule has 72 valence electrons. The molecule has 0 radical (unpaired) electrons. The number of nitrogens with one attached hydrogen (secondary N) is 1. The highest BCUT2D eigenvalue weighted by molar-refractivity contribution is 7.99. The zero-order chi connectivity index (χ0) is 9.52. The molecule has 0 bridgehead atoms. The molecule has 4 heteroatoms. The van der Waals surface area contributed by atoms with Gasteiger partial charge in [-0.2, -0.15) is 0 Å². The largest absolute Gasteiger partial charge is 0.396 e. The molecule has 2 N–H and O–H groups in total. The van der Waals surface area contributed by atoms with Crippen LogP contribution in [0.2, 0.25) is 0 Å². The molecule has 1 aromatic rings. The molecule has 1 aromatic heterocycles. The van der Waals surface area contributed by atoms with Crippen molar-refractivity contribution < 1.29 is 5.11 Å². The number of nitrogens with zero attached hydrogens (tertiary/aromatic N) is 1. The van der Waals surface area contributed by atoms with Crippen LogP contribution in [-0.2, 0) is 6.54 Å². The predicted molar refractivity (Wildman–Crippen MR) is 54.8 cm³/mol. The second-order valence-electron chi connectivity index (χ2n) is 2.61. The molecule has 1 heterocycles. The van der Waals surface area contributed by atoms with Gasteiger partial charge < -0.3 is 10.4 Å². The van der Waals surface area contributed by atoms with Gasteiger partial charge in [-0.05, 0) is 18.7 Å². The fourth-order valence-electron chi connectivity index (χ4n) is 0.955.